The summed E-state index contributed by atoms with van der Waals surface area (Å²) in [6, 6.07) is 23.1. The molecule has 0 atom stereocenters. The SMILES string of the molecule is CCN(Cc1ccccc1)c1cc(-c2ccccc2)nc(N2CCN(C)CC2)n1. The largest absolute Gasteiger partial charge is 0.352 e. The minimum absolute atomic E-state index is 0.834. The van der Waals surface area contributed by atoms with Crippen molar-refractivity contribution in [1.82, 2.24) is 14.9 Å². The van der Waals surface area contributed by atoms with Crippen LogP contribution in [0, 0.1) is 0 Å². The van der Waals surface area contributed by atoms with Crippen molar-refractivity contribution in [3.05, 3.63) is 72.3 Å². The van der Waals surface area contributed by atoms with E-state index in [0.717, 1.165) is 62.3 Å². The minimum Gasteiger partial charge on any atom is -0.352 e. The summed E-state index contributed by atoms with van der Waals surface area (Å²) in [5, 5.41) is 0. The van der Waals surface area contributed by atoms with Gasteiger partial charge in [-0.25, -0.2) is 4.98 Å². The Morgan fingerprint density at radius 2 is 1.52 bits per heavy atom. The Kier molecular flexibility index (Phi) is 6.06. The molecule has 0 aliphatic carbocycles. The van der Waals surface area contributed by atoms with Crippen LogP contribution in [0.25, 0.3) is 11.3 Å². The summed E-state index contributed by atoms with van der Waals surface area (Å²) >= 11 is 0. The molecule has 0 unspecified atom stereocenters. The van der Waals surface area contributed by atoms with E-state index in [1.54, 1.807) is 0 Å². The Balaban J connectivity index is 1.70. The van der Waals surface area contributed by atoms with Gasteiger partial charge in [0.05, 0.1) is 5.69 Å². The molecule has 0 saturated carbocycles. The summed E-state index contributed by atoms with van der Waals surface area (Å²) in [4.78, 5) is 16.9. The third-order valence-electron chi connectivity index (χ3n) is 5.48. The lowest BCUT2D eigenvalue weighted by Gasteiger charge is -2.33. The lowest BCUT2D eigenvalue weighted by molar-refractivity contribution is 0.311. The van der Waals surface area contributed by atoms with Crippen LogP contribution in [0.4, 0.5) is 11.8 Å². The maximum atomic E-state index is 5.00. The molecule has 2 heterocycles. The van der Waals surface area contributed by atoms with E-state index in [-0.39, 0.29) is 0 Å². The number of hydrogen-bond donors (Lipinski definition) is 0. The maximum Gasteiger partial charge on any atom is 0.227 e. The first-order chi connectivity index (χ1) is 14.2. The highest BCUT2D eigenvalue weighted by Gasteiger charge is 2.20. The van der Waals surface area contributed by atoms with Crippen molar-refractivity contribution >= 4 is 11.8 Å². The first-order valence-electron chi connectivity index (χ1n) is 10.4. The lowest BCUT2D eigenvalue weighted by atomic mass is 10.1. The average Bonchev–Trinajstić information content (AvgIpc) is 2.79. The van der Waals surface area contributed by atoms with Crippen LogP contribution in [0.5, 0.6) is 0 Å². The number of likely N-dealkylation sites (N-methyl/N-ethyl adjacent to an activating group) is 1. The molecule has 0 radical (unpaired) electrons. The van der Waals surface area contributed by atoms with Gasteiger partial charge in [0.1, 0.15) is 5.82 Å². The highest BCUT2D eigenvalue weighted by molar-refractivity contribution is 5.65. The topological polar surface area (TPSA) is 35.5 Å². The number of rotatable bonds is 6. The smallest absolute Gasteiger partial charge is 0.227 e. The minimum atomic E-state index is 0.834. The van der Waals surface area contributed by atoms with Crippen molar-refractivity contribution in [1.29, 1.82) is 0 Å². The Labute approximate surface area is 173 Å². The van der Waals surface area contributed by atoms with Gasteiger partial charge in [0.15, 0.2) is 0 Å². The molecule has 1 saturated heterocycles. The molecule has 4 rings (SSSR count). The fourth-order valence-corrected chi connectivity index (χ4v) is 3.65. The monoisotopic (exact) mass is 387 g/mol. The number of benzene rings is 2. The molecule has 1 fully saturated rings. The second kappa shape index (κ2) is 9.05. The standard InChI is InChI=1S/C24H29N5/c1-3-28(19-20-10-6-4-7-11-20)23-18-22(21-12-8-5-9-13-21)25-24(26-23)29-16-14-27(2)15-17-29/h4-13,18H,3,14-17,19H2,1-2H3. The predicted octanol–water partition coefficient (Wildman–Crippen LogP) is 3.92. The maximum absolute atomic E-state index is 5.00. The Bertz CT molecular complexity index is 905. The zero-order chi connectivity index (χ0) is 20.1. The second-order valence-corrected chi connectivity index (χ2v) is 7.57. The van der Waals surface area contributed by atoms with Gasteiger partial charge in [0, 0.05) is 50.9 Å². The average molecular weight is 388 g/mol. The normalized spacial score (nSPS) is 14.8. The molecule has 1 aromatic heterocycles. The number of hydrogen-bond acceptors (Lipinski definition) is 5. The number of aromatic nitrogens is 2. The van der Waals surface area contributed by atoms with Crippen molar-refractivity contribution in [2.75, 3.05) is 49.6 Å². The molecule has 1 aliphatic rings. The molecular formula is C24H29N5. The van der Waals surface area contributed by atoms with Crippen LogP contribution in [0.2, 0.25) is 0 Å². The van der Waals surface area contributed by atoms with Gasteiger partial charge in [-0.3, -0.25) is 0 Å². The number of anilines is 2. The molecule has 0 bridgehead atoms. The molecule has 3 aromatic rings. The third kappa shape index (κ3) is 4.74. The van der Waals surface area contributed by atoms with Crippen LogP contribution >= 0.6 is 0 Å². The van der Waals surface area contributed by atoms with Gasteiger partial charge in [-0.2, -0.15) is 4.98 Å². The summed E-state index contributed by atoms with van der Waals surface area (Å²) in [5.74, 6) is 1.82. The van der Waals surface area contributed by atoms with Crippen molar-refractivity contribution in [2.24, 2.45) is 0 Å². The first kappa shape index (κ1) is 19.4. The molecule has 1 aliphatic heterocycles. The molecule has 0 N–H and O–H groups in total. The highest BCUT2D eigenvalue weighted by atomic mass is 15.3. The third-order valence-corrected chi connectivity index (χ3v) is 5.48. The van der Waals surface area contributed by atoms with E-state index in [4.69, 9.17) is 9.97 Å². The van der Waals surface area contributed by atoms with Crippen LogP contribution in [-0.4, -0.2) is 54.6 Å². The molecule has 5 heteroatoms. The van der Waals surface area contributed by atoms with E-state index in [1.165, 1.54) is 5.56 Å². The zero-order valence-electron chi connectivity index (χ0n) is 17.3. The molecule has 29 heavy (non-hydrogen) atoms. The van der Waals surface area contributed by atoms with Crippen molar-refractivity contribution in [3.63, 3.8) is 0 Å². The number of piperazine rings is 1. The molecule has 2 aromatic carbocycles. The Morgan fingerprint density at radius 1 is 0.862 bits per heavy atom. The molecule has 150 valence electrons. The number of nitrogens with zero attached hydrogens (tertiary/aromatic N) is 5. The highest BCUT2D eigenvalue weighted by Crippen LogP contribution is 2.26. The second-order valence-electron chi connectivity index (χ2n) is 7.57. The van der Waals surface area contributed by atoms with Gasteiger partial charge < -0.3 is 14.7 Å². The first-order valence-corrected chi connectivity index (χ1v) is 10.4. The van der Waals surface area contributed by atoms with E-state index >= 15 is 0 Å². The van der Waals surface area contributed by atoms with Crippen molar-refractivity contribution < 1.29 is 0 Å². The van der Waals surface area contributed by atoms with E-state index < -0.39 is 0 Å². The summed E-state index contributed by atoms with van der Waals surface area (Å²) in [5.41, 5.74) is 3.40. The van der Waals surface area contributed by atoms with Crippen LogP contribution in [0.1, 0.15) is 12.5 Å². The molecule has 5 nitrogen and oxygen atoms in total. The van der Waals surface area contributed by atoms with Crippen LogP contribution in [0.3, 0.4) is 0 Å². The van der Waals surface area contributed by atoms with Crippen LogP contribution < -0.4 is 9.80 Å². The van der Waals surface area contributed by atoms with Crippen LogP contribution in [0.15, 0.2) is 66.7 Å². The zero-order valence-corrected chi connectivity index (χ0v) is 17.3. The Hall–Kier alpha value is -2.92. The fourth-order valence-electron chi connectivity index (χ4n) is 3.65. The molecule has 0 amide bonds. The lowest BCUT2D eigenvalue weighted by Crippen LogP contribution is -2.45. The van der Waals surface area contributed by atoms with E-state index in [2.05, 4.69) is 89.3 Å². The van der Waals surface area contributed by atoms with E-state index in [0.29, 0.717) is 0 Å². The molecular weight excluding hydrogens is 358 g/mol. The predicted molar refractivity (Wildman–Crippen MR) is 120 cm³/mol. The van der Waals surface area contributed by atoms with Crippen molar-refractivity contribution in [3.8, 4) is 11.3 Å². The van der Waals surface area contributed by atoms with Gasteiger partial charge >= 0.3 is 0 Å². The summed E-state index contributed by atoms with van der Waals surface area (Å²) in [7, 11) is 2.17. The van der Waals surface area contributed by atoms with Crippen LogP contribution in [-0.2, 0) is 6.54 Å². The fraction of sp³-hybridized carbons (Fsp3) is 0.333. The Morgan fingerprint density at radius 3 is 2.17 bits per heavy atom. The summed E-state index contributed by atoms with van der Waals surface area (Å²) in [6.45, 7) is 7.90. The summed E-state index contributed by atoms with van der Waals surface area (Å²) in [6.07, 6.45) is 0. The van der Waals surface area contributed by atoms with E-state index in [1.807, 2.05) is 6.07 Å². The summed E-state index contributed by atoms with van der Waals surface area (Å²) < 4.78 is 0. The van der Waals surface area contributed by atoms with Gasteiger partial charge in [0.25, 0.3) is 0 Å². The van der Waals surface area contributed by atoms with Crippen molar-refractivity contribution in [2.45, 2.75) is 13.5 Å². The quantitative estimate of drug-likeness (QED) is 0.641. The van der Waals surface area contributed by atoms with Gasteiger partial charge in [-0.1, -0.05) is 60.7 Å². The van der Waals surface area contributed by atoms with Gasteiger partial charge in [0.2, 0.25) is 5.95 Å². The van der Waals surface area contributed by atoms with E-state index in [9.17, 15) is 0 Å². The van der Waals surface area contributed by atoms with Gasteiger partial charge in [-0.05, 0) is 19.5 Å². The van der Waals surface area contributed by atoms with Gasteiger partial charge in [-0.15, -0.1) is 0 Å². The molecule has 0 spiro atoms.